The topological polar surface area (TPSA) is 24.9 Å². The molecular formula is C12H20N2S2. The van der Waals surface area contributed by atoms with Gasteiger partial charge in [-0.3, -0.25) is 0 Å². The Morgan fingerprint density at radius 3 is 2.88 bits per heavy atom. The van der Waals surface area contributed by atoms with E-state index in [2.05, 4.69) is 28.9 Å². The lowest BCUT2D eigenvalue weighted by Gasteiger charge is -2.28. The molecule has 1 aliphatic rings. The minimum Gasteiger partial charge on any atom is -0.307 e. The van der Waals surface area contributed by atoms with E-state index in [1.54, 1.807) is 11.3 Å². The molecule has 16 heavy (non-hydrogen) atoms. The van der Waals surface area contributed by atoms with Gasteiger partial charge in [-0.1, -0.05) is 12.8 Å². The largest absolute Gasteiger partial charge is 0.307 e. The van der Waals surface area contributed by atoms with E-state index in [1.165, 1.54) is 31.4 Å². The molecule has 1 aromatic heterocycles. The summed E-state index contributed by atoms with van der Waals surface area (Å²) in [5.74, 6) is 0. The third-order valence-electron chi connectivity index (χ3n) is 3.57. The highest BCUT2D eigenvalue weighted by Gasteiger charge is 2.32. The fourth-order valence-corrected chi connectivity index (χ4v) is 3.92. The predicted octanol–water partition coefficient (Wildman–Crippen LogP) is 3.47. The molecule has 0 aromatic carbocycles. The van der Waals surface area contributed by atoms with E-state index in [0.29, 0.717) is 10.8 Å². The van der Waals surface area contributed by atoms with Crippen molar-refractivity contribution in [2.75, 3.05) is 12.8 Å². The molecule has 0 aliphatic heterocycles. The van der Waals surface area contributed by atoms with Crippen LogP contribution in [0.1, 0.15) is 44.3 Å². The van der Waals surface area contributed by atoms with E-state index >= 15 is 0 Å². The first-order valence-corrected chi connectivity index (χ1v) is 8.09. The van der Waals surface area contributed by atoms with E-state index < -0.39 is 0 Å². The molecule has 1 heterocycles. The van der Waals surface area contributed by atoms with E-state index in [0.717, 1.165) is 6.54 Å². The van der Waals surface area contributed by atoms with Crippen molar-refractivity contribution in [1.82, 2.24) is 10.3 Å². The van der Waals surface area contributed by atoms with Gasteiger partial charge >= 0.3 is 0 Å². The minimum atomic E-state index is 0.385. The van der Waals surface area contributed by atoms with Crippen LogP contribution in [0, 0.1) is 0 Å². The first kappa shape index (κ1) is 12.4. The van der Waals surface area contributed by atoms with Gasteiger partial charge in [0, 0.05) is 22.7 Å². The van der Waals surface area contributed by atoms with Crippen LogP contribution in [0.25, 0.3) is 0 Å². The smallest absolute Gasteiger partial charge is 0.0795 e. The number of rotatable bonds is 5. The summed E-state index contributed by atoms with van der Waals surface area (Å²) >= 11 is 3.71. The van der Waals surface area contributed by atoms with Crippen LogP contribution in [0.15, 0.2) is 10.9 Å². The van der Waals surface area contributed by atoms with Gasteiger partial charge in [-0.15, -0.1) is 11.3 Å². The number of nitrogens with zero attached hydrogens (tertiary/aromatic N) is 1. The molecular weight excluding hydrogens is 236 g/mol. The Hall–Kier alpha value is -0.0600. The first-order valence-electron chi connectivity index (χ1n) is 5.92. The Balaban J connectivity index is 1.86. The van der Waals surface area contributed by atoms with Gasteiger partial charge < -0.3 is 5.32 Å². The van der Waals surface area contributed by atoms with Crippen LogP contribution >= 0.6 is 23.1 Å². The fraction of sp³-hybridized carbons (Fsp3) is 0.750. The lowest BCUT2D eigenvalue weighted by molar-refractivity contribution is 0.482. The van der Waals surface area contributed by atoms with Crippen molar-refractivity contribution >= 4 is 23.1 Å². The van der Waals surface area contributed by atoms with Crippen LogP contribution in [0.5, 0.6) is 0 Å². The van der Waals surface area contributed by atoms with Gasteiger partial charge in [-0.25, -0.2) is 4.98 Å². The molecule has 1 fully saturated rings. The van der Waals surface area contributed by atoms with Crippen molar-refractivity contribution in [3.05, 3.63) is 16.6 Å². The highest BCUT2D eigenvalue weighted by Crippen LogP contribution is 2.39. The van der Waals surface area contributed by atoms with Gasteiger partial charge in [0.2, 0.25) is 0 Å². The Morgan fingerprint density at radius 2 is 2.31 bits per heavy atom. The molecule has 0 radical (unpaired) electrons. The second-order valence-corrected chi connectivity index (χ2v) is 6.60. The Kier molecular flexibility index (Phi) is 4.27. The summed E-state index contributed by atoms with van der Waals surface area (Å²) in [7, 11) is 0. The second-order valence-electron chi connectivity index (χ2n) is 4.61. The standard InChI is InChI=1S/C12H20N2S2/c1-10(11-7-16-9-14-11)13-8-12(15-2)5-3-4-6-12/h7,9-10,13H,3-6,8H2,1-2H3. The Labute approximate surface area is 106 Å². The summed E-state index contributed by atoms with van der Waals surface area (Å²) in [5.41, 5.74) is 3.09. The maximum Gasteiger partial charge on any atom is 0.0795 e. The van der Waals surface area contributed by atoms with Crippen LogP contribution in [0.4, 0.5) is 0 Å². The highest BCUT2D eigenvalue weighted by atomic mass is 32.2. The Morgan fingerprint density at radius 1 is 1.56 bits per heavy atom. The molecule has 4 heteroatoms. The summed E-state index contributed by atoms with van der Waals surface area (Å²) in [6.45, 7) is 3.32. The maximum absolute atomic E-state index is 4.36. The summed E-state index contributed by atoms with van der Waals surface area (Å²) < 4.78 is 0.490. The molecule has 1 atom stereocenters. The van der Waals surface area contributed by atoms with Gasteiger partial charge in [0.15, 0.2) is 0 Å². The molecule has 90 valence electrons. The average molecular weight is 256 g/mol. The van der Waals surface area contributed by atoms with E-state index in [1.807, 2.05) is 17.3 Å². The quantitative estimate of drug-likeness (QED) is 0.873. The number of thiazole rings is 1. The molecule has 0 spiro atoms. The molecule has 1 aliphatic carbocycles. The number of nitrogens with one attached hydrogen (secondary N) is 1. The lowest BCUT2D eigenvalue weighted by atomic mass is 10.1. The van der Waals surface area contributed by atoms with Crippen LogP contribution in [0.2, 0.25) is 0 Å². The predicted molar refractivity (Wildman–Crippen MR) is 73.2 cm³/mol. The summed E-state index contributed by atoms with van der Waals surface area (Å²) in [4.78, 5) is 4.36. The summed E-state index contributed by atoms with van der Waals surface area (Å²) in [5, 5.41) is 5.78. The number of hydrogen-bond donors (Lipinski definition) is 1. The van der Waals surface area contributed by atoms with Gasteiger partial charge in [-0.05, 0) is 26.0 Å². The van der Waals surface area contributed by atoms with Crippen molar-refractivity contribution in [3.8, 4) is 0 Å². The monoisotopic (exact) mass is 256 g/mol. The van der Waals surface area contributed by atoms with Crippen molar-refractivity contribution < 1.29 is 0 Å². The van der Waals surface area contributed by atoms with Crippen LogP contribution in [-0.4, -0.2) is 22.5 Å². The van der Waals surface area contributed by atoms with Crippen molar-refractivity contribution in [1.29, 1.82) is 0 Å². The zero-order valence-electron chi connectivity index (χ0n) is 10.0. The van der Waals surface area contributed by atoms with E-state index in [9.17, 15) is 0 Å². The molecule has 2 rings (SSSR count). The first-order chi connectivity index (χ1) is 7.76. The van der Waals surface area contributed by atoms with Crippen molar-refractivity contribution in [2.24, 2.45) is 0 Å². The third kappa shape index (κ3) is 2.79. The average Bonchev–Trinajstić information content (AvgIpc) is 2.98. The normalized spacial score (nSPS) is 21.1. The maximum atomic E-state index is 4.36. The van der Waals surface area contributed by atoms with Gasteiger partial charge in [0.05, 0.1) is 11.2 Å². The zero-order valence-corrected chi connectivity index (χ0v) is 11.7. The molecule has 1 aromatic rings. The fourth-order valence-electron chi connectivity index (χ4n) is 2.35. The molecule has 0 amide bonds. The van der Waals surface area contributed by atoms with Gasteiger partial charge in [-0.2, -0.15) is 11.8 Å². The molecule has 1 unspecified atom stereocenters. The lowest BCUT2D eigenvalue weighted by Crippen LogP contribution is -2.36. The summed E-state index contributed by atoms with van der Waals surface area (Å²) in [6.07, 6.45) is 7.78. The number of hydrogen-bond acceptors (Lipinski definition) is 4. The number of thioether (sulfide) groups is 1. The SMILES string of the molecule is CSC1(CNC(C)c2cscn2)CCCC1. The molecule has 2 nitrogen and oxygen atoms in total. The zero-order chi connectivity index (χ0) is 11.4. The molecule has 1 saturated carbocycles. The molecule has 1 N–H and O–H groups in total. The highest BCUT2D eigenvalue weighted by molar-refractivity contribution is 8.00. The van der Waals surface area contributed by atoms with Crippen LogP contribution in [0.3, 0.4) is 0 Å². The third-order valence-corrected chi connectivity index (χ3v) is 5.60. The van der Waals surface area contributed by atoms with Gasteiger partial charge in [0.1, 0.15) is 0 Å². The summed E-state index contributed by atoms with van der Waals surface area (Å²) in [6, 6.07) is 0.385. The van der Waals surface area contributed by atoms with E-state index in [-0.39, 0.29) is 0 Å². The van der Waals surface area contributed by atoms with E-state index in [4.69, 9.17) is 0 Å². The minimum absolute atomic E-state index is 0.385. The van der Waals surface area contributed by atoms with Gasteiger partial charge in [0.25, 0.3) is 0 Å². The molecule has 0 bridgehead atoms. The van der Waals surface area contributed by atoms with Crippen LogP contribution < -0.4 is 5.32 Å². The second kappa shape index (κ2) is 5.52. The van der Waals surface area contributed by atoms with Crippen molar-refractivity contribution in [3.63, 3.8) is 0 Å². The van der Waals surface area contributed by atoms with Crippen molar-refractivity contribution in [2.45, 2.75) is 43.4 Å². The van der Waals surface area contributed by atoms with Crippen LogP contribution in [-0.2, 0) is 0 Å². The number of aromatic nitrogens is 1. The molecule has 0 saturated heterocycles. The Bertz CT molecular complexity index is 305.